The first-order chi connectivity index (χ1) is 19.2. The maximum atomic E-state index is 13.6. The highest BCUT2D eigenvalue weighted by molar-refractivity contribution is 6.31. The van der Waals surface area contributed by atoms with Crippen LogP contribution in [0.5, 0.6) is 0 Å². The van der Waals surface area contributed by atoms with Crippen molar-refractivity contribution in [1.82, 2.24) is 14.2 Å². The Morgan fingerprint density at radius 1 is 1.02 bits per heavy atom. The molecule has 0 saturated carbocycles. The first-order valence-corrected chi connectivity index (χ1v) is 12.9. The average Bonchev–Trinajstić information content (AvgIpc) is 3.47. The van der Waals surface area contributed by atoms with Crippen LogP contribution in [0.25, 0.3) is 39.1 Å². The maximum Gasteiger partial charge on any atom is 0.335 e. The normalized spacial score (nSPS) is 11.7. The fraction of sp³-hybridized carbons (Fsp3) is 0.0968. The molecule has 0 aliphatic heterocycles. The third kappa shape index (κ3) is 4.28. The van der Waals surface area contributed by atoms with Gasteiger partial charge in [-0.3, -0.25) is 4.79 Å². The molecule has 1 N–H and O–H groups in total. The van der Waals surface area contributed by atoms with E-state index in [4.69, 9.17) is 21.0 Å². The van der Waals surface area contributed by atoms with Gasteiger partial charge in [0.2, 0.25) is 5.82 Å². The number of para-hydroxylation sites is 1. The van der Waals surface area contributed by atoms with Gasteiger partial charge in [0.25, 0.3) is 5.56 Å². The van der Waals surface area contributed by atoms with Crippen molar-refractivity contribution in [2.24, 2.45) is 5.10 Å². The minimum atomic E-state index is -0.992. The Kier molecular flexibility index (Phi) is 6.12. The number of furan rings is 1. The van der Waals surface area contributed by atoms with Crippen molar-refractivity contribution in [1.29, 1.82) is 0 Å². The molecule has 0 aliphatic rings. The molecule has 40 heavy (non-hydrogen) atoms. The number of aromatic nitrogens is 3. The number of hydrogen-bond donors (Lipinski definition) is 1. The molecule has 6 rings (SSSR count). The number of benzene rings is 3. The quantitative estimate of drug-likeness (QED) is 0.239. The summed E-state index contributed by atoms with van der Waals surface area (Å²) in [6, 6.07) is 21.1. The van der Waals surface area contributed by atoms with Gasteiger partial charge in [-0.25, -0.2) is 9.78 Å². The van der Waals surface area contributed by atoms with Crippen LogP contribution in [0.3, 0.4) is 0 Å². The SMILES string of the molecule is Cc1ccc(C(=O)O)cc1-n1c(C)cc(C=Nn2c(-c3cc4cc(Cl)ccc4o3)nc3ccccc3c2=O)c1C. The summed E-state index contributed by atoms with van der Waals surface area (Å²) in [4.78, 5) is 29.9. The number of rotatable bonds is 5. The zero-order chi connectivity index (χ0) is 28.1. The number of aryl methyl sites for hydroxylation is 2. The van der Waals surface area contributed by atoms with Crippen molar-refractivity contribution < 1.29 is 14.3 Å². The van der Waals surface area contributed by atoms with Gasteiger partial charge in [0.15, 0.2) is 5.76 Å². The van der Waals surface area contributed by atoms with Crippen molar-refractivity contribution in [2.45, 2.75) is 20.8 Å². The second kappa shape index (κ2) is 9.66. The van der Waals surface area contributed by atoms with Crippen LogP contribution >= 0.6 is 11.6 Å². The molecule has 6 aromatic rings. The molecule has 0 radical (unpaired) electrons. The fourth-order valence-corrected chi connectivity index (χ4v) is 5.09. The third-order valence-corrected chi connectivity index (χ3v) is 7.17. The van der Waals surface area contributed by atoms with Gasteiger partial charge in [-0.2, -0.15) is 9.78 Å². The largest absolute Gasteiger partial charge is 0.478 e. The molecule has 0 aliphatic carbocycles. The van der Waals surface area contributed by atoms with Gasteiger partial charge >= 0.3 is 5.97 Å². The third-order valence-electron chi connectivity index (χ3n) is 6.93. The average molecular weight is 551 g/mol. The summed E-state index contributed by atoms with van der Waals surface area (Å²) in [6.07, 6.45) is 1.61. The smallest absolute Gasteiger partial charge is 0.335 e. The monoisotopic (exact) mass is 550 g/mol. The van der Waals surface area contributed by atoms with E-state index in [0.29, 0.717) is 27.3 Å². The minimum absolute atomic E-state index is 0.203. The van der Waals surface area contributed by atoms with Gasteiger partial charge in [-0.1, -0.05) is 29.8 Å². The van der Waals surface area contributed by atoms with E-state index >= 15 is 0 Å². The van der Waals surface area contributed by atoms with Crippen LogP contribution in [0.4, 0.5) is 0 Å². The highest BCUT2D eigenvalue weighted by atomic mass is 35.5. The molecule has 198 valence electrons. The Morgan fingerprint density at radius 3 is 2.62 bits per heavy atom. The lowest BCUT2D eigenvalue weighted by molar-refractivity contribution is 0.0697. The number of carbonyl (C=O) groups is 1. The van der Waals surface area contributed by atoms with E-state index < -0.39 is 5.97 Å². The number of hydrogen-bond acceptors (Lipinski definition) is 5. The highest BCUT2D eigenvalue weighted by Crippen LogP contribution is 2.29. The van der Waals surface area contributed by atoms with Crippen molar-refractivity contribution >= 4 is 45.7 Å². The summed E-state index contributed by atoms with van der Waals surface area (Å²) in [5, 5.41) is 15.9. The Bertz CT molecular complexity index is 2070. The lowest BCUT2D eigenvalue weighted by Crippen LogP contribution is -2.20. The molecule has 3 aromatic heterocycles. The van der Waals surface area contributed by atoms with E-state index in [1.54, 1.807) is 66.9 Å². The number of fused-ring (bicyclic) bond motifs is 2. The molecule has 9 heteroatoms. The molecule has 0 spiro atoms. The fourth-order valence-electron chi connectivity index (χ4n) is 4.91. The molecule has 0 fully saturated rings. The van der Waals surface area contributed by atoms with Crippen molar-refractivity contribution in [3.8, 4) is 17.3 Å². The zero-order valence-electron chi connectivity index (χ0n) is 21.8. The number of carboxylic acids is 1. The molecule has 0 atom stereocenters. The molecule has 0 amide bonds. The Morgan fingerprint density at radius 2 is 1.82 bits per heavy atom. The van der Waals surface area contributed by atoms with Gasteiger partial charge in [0.05, 0.1) is 22.7 Å². The number of carboxylic acid groups (broad SMARTS) is 1. The van der Waals surface area contributed by atoms with Crippen LogP contribution in [0.2, 0.25) is 5.02 Å². The van der Waals surface area contributed by atoms with Crippen molar-refractivity contribution in [3.05, 3.63) is 116 Å². The highest BCUT2D eigenvalue weighted by Gasteiger charge is 2.18. The van der Waals surface area contributed by atoms with Crippen LogP contribution < -0.4 is 5.56 Å². The summed E-state index contributed by atoms with van der Waals surface area (Å²) in [5.74, 6) is -0.357. The van der Waals surface area contributed by atoms with Crippen molar-refractivity contribution in [2.75, 3.05) is 0 Å². The minimum Gasteiger partial charge on any atom is -0.478 e. The number of nitrogens with zero attached hydrogens (tertiary/aromatic N) is 4. The van der Waals surface area contributed by atoms with E-state index in [9.17, 15) is 14.7 Å². The lowest BCUT2D eigenvalue weighted by atomic mass is 10.1. The first kappa shape index (κ1) is 25.3. The standard InChI is InChI=1S/C31H23ClN4O4/c1-17-8-9-20(31(38)39)14-26(17)35-18(2)12-22(19(35)3)16-33-36-29(34-25-7-5-4-6-24(25)30(36)37)28-15-21-13-23(32)10-11-27(21)40-28/h4-16H,1-3H3,(H,38,39). The second-order valence-electron chi connectivity index (χ2n) is 9.58. The molecule has 3 aromatic carbocycles. The topological polar surface area (TPSA) is 103 Å². The Labute approximate surface area is 233 Å². The predicted octanol–water partition coefficient (Wildman–Crippen LogP) is 6.76. The second-order valence-corrected chi connectivity index (χ2v) is 10.0. The molecular weight excluding hydrogens is 528 g/mol. The summed E-state index contributed by atoms with van der Waals surface area (Å²) >= 11 is 6.17. The maximum absolute atomic E-state index is 13.6. The van der Waals surface area contributed by atoms with Crippen LogP contribution in [0.15, 0.2) is 87.1 Å². The molecule has 8 nitrogen and oxygen atoms in total. The first-order valence-electron chi connectivity index (χ1n) is 12.5. The van der Waals surface area contributed by atoms with Crippen LogP contribution in [0, 0.1) is 20.8 Å². The van der Waals surface area contributed by atoms with E-state index in [2.05, 4.69) is 5.10 Å². The van der Waals surface area contributed by atoms with Gasteiger partial charge < -0.3 is 14.1 Å². The van der Waals surface area contributed by atoms with Gasteiger partial charge in [-0.15, -0.1) is 0 Å². The summed E-state index contributed by atoms with van der Waals surface area (Å²) in [7, 11) is 0. The molecule has 0 unspecified atom stereocenters. The lowest BCUT2D eigenvalue weighted by Gasteiger charge is -2.13. The molecular formula is C31H23ClN4O4. The Hall–Kier alpha value is -4.95. The summed E-state index contributed by atoms with van der Waals surface area (Å²) < 4.78 is 9.27. The predicted molar refractivity (Wildman–Crippen MR) is 156 cm³/mol. The van der Waals surface area contributed by atoms with Crippen LogP contribution in [-0.4, -0.2) is 31.5 Å². The van der Waals surface area contributed by atoms with E-state index in [-0.39, 0.29) is 16.9 Å². The Balaban J connectivity index is 1.51. The van der Waals surface area contributed by atoms with E-state index in [0.717, 1.165) is 33.6 Å². The molecule has 3 heterocycles. The number of halogens is 1. The van der Waals surface area contributed by atoms with E-state index in [1.807, 2.05) is 37.5 Å². The van der Waals surface area contributed by atoms with E-state index in [1.165, 1.54) is 4.68 Å². The molecule has 0 saturated heterocycles. The number of aromatic carboxylic acids is 1. The molecule has 0 bridgehead atoms. The summed E-state index contributed by atoms with van der Waals surface area (Å²) in [6.45, 7) is 5.79. The van der Waals surface area contributed by atoms with Crippen LogP contribution in [0.1, 0.15) is 32.9 Å². The zero-order valence-corrected chi connectivity index (χ0v) is 22.6. The van der Waals surface area contributed by atoms with Crippen LogP contribution in [-0.2, 0) is 0 Å². The summed E-state index contributed by atoms with van der Waals surface area (Å²) in [5.41, 5.74) is 5.19. The van der Waals surface area contributed by atoms with Gasteiger partial charge in [0.1, 0.15) is 5.58 Å². The van der Waals surface area contributed by atoms with Crippen molar-refractivity contribution in [3.63, 3.8) is 0 Å². The van der Waals surface area contributed by atoms with Gasteiger partial charge in [-0.05, 0) is 80.9 Å². The van der Waals surface area contributed by atoms with Gasteiger partial charge in [0, 0.05) is 33.0 Å².